The number of carbonyl (C=O) groups is 1. The highest BCUT2D eigenvalue weighted by atomic mass is 16.3. The minimum absolute atomic E-state index is 0.195. The molecule has 0 saturated carbocycles. The van der Waals surface area contributed by atoms with Gasteiger partial charge in [0.05, 0.1) is 11.7 Å². The predicted molar refractivity (Wildman–Crippen MR) is 65.2 cm³/mol. The smallest absolute Gasteiger partial charge is 0.130 e. The molecule has 0 aromatic heterocycles. The zero-order chi connectivity index (χ0) is 12.8. The maximum Gasteiger partial charge on any atom is 0.130 e. The number of aliphatic hydroxyl groups excluding tert-OH is 1. The molecule has 0 aliphatic rings. The van der Waals surface area contributed by atoms with Crippen LogP contribution in [0.4, 0.5) is 0 Å². The van der Waals surface area contributed by atoms with Gasteiger partial charge in [0.1, 0.15) is 5.78 Å². The first kappa shape index (κ1) is 15.3. The highest BCUT2D eigenvalue weighted by Gasteiger charge is 2.23. The zero-order valence-corrected chi connectivity index (χ0v) is 10.8. The second kappa shape index (κ2) is 6.81. The van der Waals surface area contributed by atoms with Crippen molar-refractivity contribution in [3.8, 4) is 0 Å². The van der Waals surface area contributed by atoms with Crippen molar-refractivity contribution in [2.75, 3.05) is 0 Å². The van der Waals surface area contributed by atoms with Gasteiger partial charge in [-0.1, -0.05) is 11.6 Å². The van der Waals surface area contributed by atoms with Crippen molar-refractivity contribution < 1.29 is 15.0 Å². The van der Waals surface area contributed by atoms with Crippen LogP contribution in [0.1, 0.15) is 53.4 Å². The monoisotopic (exact) mass is 228 g/mol. The van der Waals surface area contributed by atoms with Crippen LogP contribution >= 0.6 is 0 Å². The number of rotatable bonds is 7. The normalized spacial score (nSPS) is 15.0. The van der Waals surface area contributed by atoms with Crippen LogP contribution in [0.5, 0.6) is 0 Å². The van der Waals surface area contributed by atoms with E-state index in [-0.39, 0.29) is 5.78 Å². The molecule has 0 bridgehead atoms. The lowest BCUT2D eigenvalue weighted by Crippen LogP contribution is -2.35. The van der Waals surface area contributed by atoms with Crippen LogP contribution in [0.3, 0.4) is 0 Å². The summed E-state index contributed by atoms with van der Waals surface area (Å²) in [4.78, 5) is 10.7. The molecular formula is C13H24O3. The van der Waals surface area contributed by atoms with Crippen LogP contribution in [0.15, 0.2) is 11.6 Å². The van der Waals surface area contributed by atoms with Gasteiger partial charge in [-0.2, -0.15) is 0 Å². The van der Waals surface area contributed by atoms with Crippen LogP contribution in [0.25, 0.3) is 0 Å². The van der Waals surface area contributed by atoms with Gasteiger partial charge in [-0.15, -0.1) is 0 Å². The number of ketones is 1. The quantitative estimate of drug-likeness (QED) is 0.657. The average molecular weight is 228 g/mol. The van der Waals surface area contributed by atoms with Crippen LogP contribution in [0.2, 0.25) is 0 Å². The number of Topliss-reactive ketones (excluding diaryl/α,β-unsaturated/α-hetero) is 1. The summed E-state index contributed by atoms with van der Waals surface area (Å²) >= 11 is 0. The van der Waals surface area contributed by atoms with Crippen LogP contribution < -0.4 is 0 Å². The fourth-order valence-corrected chi connectivity index (χ4v) is 1.34. The van der Waals surface area contributed by atoms with Crippen molar-refractivity contribution in [2.45, 2.75) is 65.1 Å². The summed E-state index contributed by atoms with van der Waals surface area (Å²) in [6, 6.07) is 0. The highest BCUT2D eigenvalue weighted by molar-refractivity contribution is 5.75. The predicted octanol–water partition coefficient (Wildman–Crippen LogP) is 2.21. The summed E-state index contributed by atoms with van der Waals surface area (Å²) in [6.07, 6.45) is 3.96. The van der Waals surface area contributed by atoms with E-state index in [1.54, 1.807) is 20.8 Å². The molecule has 2 N–H and O–H groups in total. The largest absolute Gasteiger partial charge is 0.390 e. The van der Waals surface area contributed by atoms with Gasteiger partial charge in [-0.25, -0.2) is 0 Å². The van der Waals surface area contributed by atoms with E-state index in [1.807, 2.05) is 13.0 Å². The molecule has 1 atom stereocenters. The summed E-state index contributed by atoms with van der Waals surface area (Å²) in [5, 5.41) is 19.2. The summed E-state index contributed by atoms with van der Waals surface area (Å²) in [7, 11) is 0. The van der Waals surface area contributed by atoms with Gasteiger partial charge in [0.2, 0.25) is 0 Å². The second-order valence-corrected chi connectivity index (χ2v) is 5.00. The standard InChI is InChI=1S/C13H24O3/c1-10(6-5-7-11(2)14)8-9-12(15)13(3,4)16/h6,12,15-16H,5,7-9H2,1-4H3/b10-6-. The Hall–Kier alpha value is -0.670. The van der Waals surface area contributed by atoms with Gasteiger partial charge < -0.3 is 15.0 Å². The minimum Gasteiger partial charge on any atom is -0.390 e. The maximum absolute atomic E-state index is 10.7. The van der Waals surface area contributed by atoms with E-state index >= 15 is 0 Å². The first-order chi connectivity index (χ1) is 7.23. The third-order valence-corrected chi connectivity index (χ3v) is 2.62. The lowest BCUT2D eigenvalue weighted by atomic mass is 9.95. The van der Waals surface area contributed by atoms with Gasteiger partial charge in [0, 0.05) is 6.42 Å². The molecule has 0 aliphatic carbocycles. The second-order valence-electron chi connectivity index (χ2n) is 5.00. The van der Waals surface area contributed by atoms with E-state index < -0.39 is 11.7 Å². The van der Waals surface area contributed by atoms with E-state index in [1.165, 1.54) is 0 Å². The Morgan fingerprint density at radius 2 is 1.88 bits per heavy atom. The molecule has 16 heavy (non-hydrogen) atoms. The van der Waals surface area contributed by atoms with Crippen molar-refractivity contribution in [3.63, 3.8) is 0 Å². The molecule has 3 nitrogen and oxygen atoms in total. The summed E-state index contributed by atoms with van der Waals surface area (Å²) in [5.41, 5.74) is 0.115. The molecule has 3 heteroatoms. The van der Waals surface area contributed by atoms with Gasteiger partial charge in [0.15, 0.2) is 0 Å². The average Bonchev–Trinajstić information content (AvgIpc) is 2.11. The van der Waals surface area contributed by atoms with Crippen molar-refractivity contribution in [2.24, 2.45) is 0 Å². The molecule has 0 heterocycles. The summed E-state index contributed by atoms with van der Waals surface area (Å²) < 4.78 is 0. The Balaban J connectivity index is 3.88. The summed E-state index contributed by atoms with van der Waals surface area (Å²) in [5.74, 6) is 0.195. The number of hydrogen-bond acceptors (Lipinski definition) is 3. The third kappa shape index (κ3) is 7.60. The third-order valence-electron chi connectivity index (χ3n) is 2.62. The Morgan fingerprint density at radius 3 is 2.31 bits per heavy atom. The molecule has 0 aromatic rings. The Bertz CT molecular complexity index is 248. The minimum atomic E-state index is -1.04. The molecule has 0 radical (unpaired) electrons. The van der Waals surface area contributed by atoms with E-state index in [4.69, 9.17) is 0 Å². The number of hydrogen-bond donors (Lipinski definition) is 2. The first-order valence-electron chi connectivity index (χ1n) is 5.79. The van der Waals surface area contributed by atoms with Gasteiger partial charge in [-0.05, 0) is 47.0 Å². The van der Waals surface area contributed by atoms with E-state index in [0.717, 1.165) is 18.4 Å². The molecule has 0 spiro atoms. The van der Waals surface area contributed by atoms with Gasteiger partial charge >= 0.3 is 0 Å². The number of allylic oxidation sites excluding steroid dienone is 2. The topological polar surface area (TPSA) is 57.5 Å². The fourth-order valence-electron chi connectivity index (χ4n) is 1.34. The molecule has 0 rings (SSSR count). The molecule has 1 unspecified atom stereocenters. The highest BCUT2D eigenvalue weighted by Crippen LogP contribution is 2.16. The van der Waals surface area contributed by atoms with E-state index in [0.29, 0.717) is 12.8 Å². The Labute approximate surface area is 98.2 Å². The van der Waals surface area contributed by atoms with Crippen molar-refractivity contribution in [1.29, 1.82) is 0 Å². The molecule has 0 aromatic carbocycles. The molecule has 0 saturated heterocycles. The van der Waals surface area contributed by atoms with E-state index in [2.05, 4.69) is 0 Å². The fraction of sp³-hybridized carbons (Fsp3) is 0.769. The van der Waals surface area contributed by atoms with Crippen LogP contribution in [0, 0.1) is 0 Å². The van der Waals surface area contributed by atoms with Crippen LogP contribution in [-0.4, -0.2) is 27.7 Å². The van der Waals surface area contributed by atoms with Crippen LogP contribution in [-0.2, 0) is 4.79 Å². The summed E-state index contributed by atoms with van der Waals surface area (Å²) in [6.45, 7) is 6.78. The number of aliphatic hydroxyl groups is 2. The molecule has 0 aliphatic heterocycles. The van der Waals surface area contributed by atoms with Gasteiger partial charge in [-0.3, -0.25) is 0 Å². The van der Waals surface area contributed by atoms with Gasteiger partial charge in [0.25, 0.3) is 0 Å². The van der Waals surface area contributed by atoms with Crippen molar-refractivity contribution >= 4 is 5.78 Å². The van der Waals surface area contributed by atoms with Crippen molar-refractivity contribution in [1.82, 2.24) is 0 Å². The Morgan fingerprint density at radius 1 is 1.31 bits per heavy atom. The zero-order valence-electron chi connectivity index (χ0n) is 10.8. The molecule has 0 fully saturated rings. The molecular weight excluding hydrogens is 204 g/mol. The van der Waals surface area contributed by atoms with E-state index in [9.17, 15) is 15.0 Å². The lowest BCUT2D eigenvalue weighted by Gasteiger charge is -2.24. The lowest BCUT2D eigenvalue weighted by molar-refractivity contribution is -0.116. The number of carbonyl (C=O) groups excluding carboxylic acids is 1. The van der Waals surface area contributed by atoms with Crippen molar-refractivity contribution in [3.05, 3.63) is 11.6 Å². The Kier molecular flexibility index (Phi) is 6.53. The SMILES string of the molecule is CC(=O)CC/C=C(/C)CCC(O)C(C)(C)O. The molecule has 94 valence electrons. The maximum atomic E-state index is 10.7. The molecule has 0 amide bonds. The first-order valence-corrected chi connectivity index (χ1v) is 5.79.